The number of halogens is 3. The van der Waals surface area contributed by atoms with Crippen LogP contribution in [0, 0.1) is 12.8 Å². The van der Waals surface area contributed by atoms with Gasteiger partial charge in [0.25, 0.3) is 0 Å². The maximum Gasteiger partial charge on any atom is 0.573 e. The summed E-state index contributed by atoms with van der Waals surface area (Å²) in [6, 6.07) is 3.46. The molecule has 0 unspecified atom stereocenters. The van der Waals surface area contributed by atoms with E-state index < -0.39 is 6.36 Å². The minimum atomic E-state index is -4.71. The predicted octanol–water partition coefficient (Wildman–Crippen LogP) is 5.72. The highest BCUT2D eigenvalue weighted by molar-refractivity contribution is 5.50. The van der Waals surface area contributed by atoms with E-state index in [2.05, 4.69) is 16.9 Å². The van der Waals surface area contributed by atoms with Gasteiger partial charge in [0.2, 0.25) is 0 Å². The third-order valence-electron chi connectivity index (χ3n) is 4.66. The molecule has 2 nitrogen and oxygen atoms in total. The van der Waals surface area contributed by atoms with Crippen molar-refractivity contribution < 1.29 is 22.6 Å². The van der Waals surface area contributed by atoms with Gasteiger partial charge in [-0.3, -0.25) is 0 Å². The molecule has 24 heavy (non-hydrogen) atoms. The van der Waals surface area contributed by atoms with Crippen LogP contribution in [0.4, 0.5) is 13.2 Å². The first-order chi connectivity index (χ1) is 11.4. The fraction of sp³-hybridized carbons (Fsp3) is 0.579. The zero-order chi connectivity index (χ0) is 17.2. The van der Waals surface area contributed by atoms with Gasteiger partial charge in [0.1, 0.15) is 0 Å². The molecular weight excluding hydrogens is 317 g/mol. The zero-order valence-electron chi connectivity index (χ0n) is 13.9. The van der Waals surface area contributed by atoms with Gasteiger partial charge in [0.05, 0.1) is 6.10 Å². The molecule has 3 rings (SSSR count). The van der Waals surface area contributed by atoms with Crippen LogP contribution in [0.3, 0.4) is 0 Å². The molecule has 0 spiro atoms. The molecule has 0 amide bonds. The van der Waals surface area contributed by atoms with Crippen molar-refractivity contribution in [1.29, 1.82) is 0 Å². The van der Waals surface area contributed by atoms with Gasteiger partial charge in [-0.15, -0.1) is 13.2 Å². The summed E-state index contributed by atoms with van der Waals surface area (Å²) in [7, 11) is 0. The summed E-state index contributed by atoms with van der Waals surface area (Å²) in [6.45, 7) is 1.67. The van der Waals surface area contributed by atoms with Gasteiger partial charge in [-0.05, 0) is 68.6 Å². The fourth-order valence-corrected chi connectivity index (χ4v) is 2.84. The van der Waals surface area contributed by atoms with Crippen molar-refractivity contribution in [3.63, 3.8) is 0 Å². The molecule has 0 atom stereocenters. The highest BCUT2D eigenvalue weighted by Crippen LogP contribution is 2.40. The van der Waals surface area contributed by atoms with E-state index in [4.69, 9.17) is 4.74 Å². The lowest BCUT2D eigenvalue weighted by atomic mass is 9.85. The van der Waals surface area contributed by atoms with Crippen LogP contribution in [0.2, 0.25) is 0 Å². The highest BCUT2D eigenvalue weighted by atomic mass is 19.4. The van der Waals surface area contributed by atoms with E-state index in [0.717, 1.165) is 24.8 Å². The maximum atomic E-state index is 12.7. The minimum Gasteiger partial charge on any atom is -0.487 e. The minimum absolute atomic E-state index is 0.0243. The van der Waals surface area contributed by atoms with Crippen molar-refractivity contribution in [2.24, 2.45) is 5.92 Å². The van der Waals surface area contributed by atoms with Crippen LogP contribution in [0.25, 0.3) is 0 Å². The number of ether oxygens (including phenoxy) is 2. The summed E-state index contributed by atoms with van der Waals surface area (Å²) in [4.78, 5) is 0. The van der Waals surface area contributed by atoms with Gasteiger partial charge in [0.15, 0.2) is 11.5 Å². The molecule has 1 aromatic carbocycles. The number of alkyl halides is 3. The first-order valence-corrected chi connectivity index (χ1v) is 8.64. The lowest BCUT2D eigenvalue weighted by Crippen LogP contribution is -2.19. The summed E-state index contributed by atoms with van der Waals surface area (Å²) in [6.07, 6.45) is 6.80. The Hall–Kier alpha value is -1.65. The van der Waals surface area contributed by atoms with E-state index in [1.54, 1.807) is 13.0 Å². The molecule has 2 aliphatic rings. The summed E-state index contributed by atoms with van der Waals surface area (Å²) in [5.41, 5.74) is 1.39. The van der Waals surface area contributed by atoms with Gasteiger partial charge in [-0.1, -0.05) is 24.6 Å². The number of allylic oxidation sites excluding steroid dienone is 2. The van der Waals surface area contributed by atoms with E-state index in [1.807, 2.05) is 6.07 Å². The molecule has 0 radical (unpaired) electrons. The summed E-state index contributed by atoms with van der Waals surface area (Å²) < 4.78 is 48.1. The van der Waals surface area contributed by atoms with Crippen molar-refractivity contribution in [1.82, 2.24) is 0 Å². The quantitative estimate of drug-likeness (QED) is 0.591. The average Bonchev–Trinajstić information content (AvgIpc) is 3.25. The van der Waals surface area contributed by atoms with Crippen LogP contribution in [-0.4, -0.2) is 12.5 Å². The second kappa shape index (κ2) is 7.08. The van der Waals surface area contributed by atoms with Crippen LogP contribution in [0.5, 0.6) is 11.5 Å². The summed E-state index contributed by atoms with van der Waals surface area (Å²) >= 11 is 0. The molecule has 0 saturated heterocycles. The maximum absolute atomic E-state index is 12.7. The Labute approximate surface area is 140 Å². The second-order valence-electron chi connectivity index (χ2n) is 6.70. The number of hydrogen-bond donors (Lipinski definition) is 0. The topological polar surface area (TPSA) is 18.5 Å². The third-order valence-corrected chi connectivity index (χ3v) is 4.66. The van der Waals surface area contributed by atoms with Crippen molar-refractivity contribution in [3.8, 4) is 11.5 Å². The molecule has 0 heterocycles. The Bertz CT molecular complexity index is 599. The van der Waals surface area contributed by atoms with Crippen molar-refractivity contribution in [2.75, 3.05) is 0 Å². The molecular formula is C19H23F3O2. The van der Waals surface area contributed by atoms with Crippen LogP contribution in [0.1, 0.15) is 49.7 Å². The first kappa shape index (κ1) is 17.2. The molecule has 0 aromatic heterocycles. The van der Waals surface area contributed by atoms with Gasteiger partial charge >= 0.3 is 6.36 Å². The number of hydrogen-bond acceptors (Lipinski definition) is 2. The molecule has 2 aliphatic carbocycles. The van der Waals surface area contributed by atoms with Crippen LogP contribution >= 0.6 is 0 Å². The molecule has 1 aromatic rings. The van der Waals surface area contributed by atoms with E-state index >= 15 is 0 Å². The monoisotopic (exact) mass is 340 g/mol. The Kier molecular flexibility index (Phi) is 5.07. The smallest absolute Gasteiger partial charge is 0.487 e. The average molecular weight is 340 g/mol. The van der Waals surface area contributed by atoms with Crippen molar-refractivity contribution in [2.45, 2.75) is 64.3 Å². The third kappa shape index (κ3) is 4.68. The lowest BCUT2D eigenvalue weighted by molar-refractivity contribution is -0.275. The number of benzene rings is 1. The molecule has 2 fully saturated rings. The molecule has 0 aliphatic heterocycles. The van der Waals surface area contributed by atoms with E-state index in [0.29, 0.717) is 17.9 Å². The van der Waals surface area contributed by atoms with Crippen molar-refractivity contribution in [3.05, 3.63) is 35.4 Å². The van der Waals surface area contributed by atoms with Crippen molar-refractivity contribution >= 4 is 0 Å². The largest absolute Gasteiger partial charge is 0.573 e. The Morgan fingerprint density at radius 3 is 2.50 bits per heavy atom. The van der Waals surface area contributed by atoms with Gasteiger partial charge in [0, 0.05) is 0 Å². The predicted molar refractivity (Wildman–Crippen MR) is 86.3 cm³/mol. The molecule has 2 saturated carbocycles. The van der Waals surface area contributed by atoms with Gasteiger partial charge in [-0.2, -0.15) is 0 Å². The molecule has 0 N–H and O–H groups in total. The summed E-state index contributed by atoms with van der Waals surface area (Å²) in [5.74, 6) is 0.709. The summed E-state index contributed by atoms with van der Waals surface area (Å²) in [5, 5.41) is 0. The standard InChI is InChI=1S/C19H23F3O2/c1-13-15(8-3-2-5-14-6-4-7-14)9-12-17(23-16-10-11-16)18(13)24-19(20,21)22/h2,5,9,12,14,16H,3-4,6-8,10-11H2,1H3/b5-2+. The normalized spacial score (nSPS) is 18.7. The SMILES string of the molecule is Cc1c(CC/C=C/C2CCC2)ccc(OC2CC2)c1OC(F)(F)F. The van der Waals surface area contributed by atoms with Crippen LogP contribution in [0.15, 0.2) is 24.3 Å². The Morgan fingerprint density at radius 2 is 1.92 bits per heavy atom. The molecule has 5 heteroatoms. The Balaban J connectivity index is 1.71. The zero-order valence-corrected chi connectivity index (χ0v) is 13.9. The second-order valence-corrected chi connectivity index (χ2v) is 6.70. The van der Waals surface area contributed by atoms with Crippen LogP contribution < -0.4 is 9.47 Å². The van der Waals surface area contributed by atoms with E-state index in [9.17, 15) is 13.2 Å². The van der Waals surface area contributed by atoms with E-state index in [1.165, 1.54) is 19.3 Å². The number of rotatable bonds is 7. The number of aryl methyl sites for hydroxylation is 1. The first-order valence-electron chi connectivity index (χ1n) is 8.64. The van der Waals surface area contributed by atoms with Gasteiger partial charge < -0.3 is 9.47 Å². The molecule has 132 valence electrons. The highest BCUT2D eigenvalue weighted by Gasteiger charge is 2.35. The van der Waals surface area contributed by atoms with Crippen LogP contribution in [-0.2, 0) is 6.42 Å². The fourth-order valence-electron chi connectivity index (χ4n) is 2.84. The molecule has 0 bridgehead atoms. The lowest BCUT2D eigenvalue weighted by Gasteiger charge is -2.21. The Morgan fingerprint density at radius 1 is 1.17 bits per heavy atom. The van der Waals surface area contributed by atoms with E-state index in [-0.39, 0.29) is 17.6 Å². The van der Waals surface area contributed by atoms with Gasteiger partial charge in [-0.25, -0.2) is 0 Å².